The molecule has 0 aliphatic rings. The summed E-state index contributed by atoms with van der Waals surface area (Å²) in [5, 5.41) is 9.94. The number of aliphatic hydroxyl groups excluding tert-OH is 1. The van der Waals surface area contributed by atoms with Gasteiger partial charge in [0.05, 0.1) is 6.10 Å². The summed E-state index contributed by atoms with van der Waals surface area (Å²) in [5.41, 5.74) is 1.50. The fraction of sp³-hybridized carbons (Fsp3) is 0.571. The van der Waals surface area contributed by atoms with Crippen LogP contribution in [0.5, 0.6) is 0 Å². The average molecular weight is 224 g/mol. The first kappa shape index (κ1) is 13.2. The highest BCUT2D eigenvalue weighted by Gasteiger charge is 2.15. The van der Waals surface area contributed by atoms with E-state index in [1.165, 1.54) is 6.07 Å². The van der Waals surface area contributed by atoms with Crippen molar-refractivity contribution in [2.45, 2.75) is 46.1 Å². The Balaban J connectivity index is 2.97. The van der Waals surface area contributed by atoms with Crippen molar-refractivity contribution in [2.24, 2.45) is 5.92 Å². The van der Waals surface area contributed by atoms with E-state index in [9.17, 15) is 9.50 Å². The van der Waals surface area contributed by atoms with Crippen LogP contribution >= 0.6 is 0 Å². The Morgan fingerprint density at radius 1 is 1.19 bits per heavy atom. The Kier molecular flexibility index (Phi) is 4.48. The molecule has 1 N–H and O–H groups in total. The molecule has 0 fully saturated rings. The van der Waals surface area contributed by atoms with Crippen LogP contribution in [0.3, 0.4) is 0 Å². The maximum Gasteiger partial charge on any atom is 0.129 e. The predicted octanol–water partition coefficient (Wildman–Crippen LogP) is 4.03. The molecule has 16 heavy (non-hydrogen) atoms. The molecule has 0 amide bonds. The van der Waals surface area contributed by atoms with Crippen molar-refractivity contribution < 1.29 is 9.50 Å². The molecule has 1 atom stereocenters. The molecular formula is C14H21FO. The summed E-state index contributed by atoms with van der Waals surface area (Å²) in [6.07, 6.45) is -0.0999. The van der Waals surface area contributed by atoms with Gasteiger partial charge in [0.15, 0.2) is 0 Å². The molecule has 0 saturated heterocycles. The Hall–Kier alpha value is -0.890. The number of aliphatic hydroxyl groups is 1. The van der Waals surface area contributed by atoms with Gasteiger partial charge in [-0.15, -0.1) is 0 Å². The third-order valence-electron chi connectivity index (χ3n) is 2.74. The Labute approximate surface area is 97.3 Å². The van der Waals surface area contributed by atoms with Gasteiger partial charge in [-0.1, -0.05) is 39.8 Å². The fourth-order valence-electron chi connectivity index (χ4n) is 1.75. The molecule has 0 aromatic heterocycles. The number of benzene rings is 1. The molecule has 0 saturated carbocycles. The molecule has 0 radical (unpaired) electrons. The van der Waals surface area contributed by atoms with Gasteiger partial charge in [0.25, 0.3) is 0 Å². The SMILES string of the molecule is CC(C)CC(O)c1cc(C(C)C)ccc1F. The van der Waals surface area contributed by atoms with E-state index < -0.39 is 6.10 Å². The van der Waals surface area contributed by atoms with E-state index in [2.05, 4.69) is 13.8 Å². The van der Waals surface area contributed by atoms with E-state index >= 15 is 0 Å². The summed E-state index contributed by atoms with van der Waals surface area (Å²) in [4.78, 5) is 0. The first-order chi connectivity index (χ1) is 7.41. The predicted molar refractivity (Wildman–Crippen MR) is 64.9 cm³/mol. The first-order valence-electron chi connectivity index (χ1n) is 5.89. The van der Waals surface area contributed by atoms with Crippen LogP contribution in [0.25, 0.3) is 0 Å². The van der Waals surface area contributed by atoms with Crippen LogP contribution in [-0.2, 0) is 0 Å². The van der Waals surface area contributed by atoms with Crippen molar-refractivity contribution in [1.82, 2.24) is 0 Å². The second-order valence-electron chi connectivity index (χ2n) is 5.08. The molecule has 0 heterocycles. The maximum absolute atomic E-state index is 13.6. The average Bonchev–Trinajstić information content (AvgIpc) is 2.16. The highest BCUT2D eigenvalue weighted by Crippen LogP contribution is 2.26. The third kappa shape index (κ3) is 3.31. The maximum atomic E-state index is 13.6. The molecular weight excluding hydrogens is 203 g/mol. The van der Waals surface area contributed by atoms with Crippen LogP contribution < -0.4 is 0 Å². The molecule has 2 heteroatoms. The second-order valence-corrected chi connectivity index (χ2v) is 5.08. The zero-order valence-corrected chi connectivity index (χ0v) is 10.5. The number of halogens is 1. The van der Waals surface area contributed by atoms with Crippen LogP contribution in [0, 0.1) is 11.7 Å². The molecule has 1 aromatic carbocycles. The van der Waals surface area contributed by atoms with Crippen molar-refractivity contribution in [1.29, 1.82) is 0 Å². The van der Waals surface area contributed by atoms with Gasteiger partial charge in [-0.2, -0.15) is 0 Å². The lowest BCUT2D eigenvalue weighted by Crippen LogP contribution is -2.05. The van der Waals surface area contributed by atoms with Crippen molar-refractivity contribution in [3.8, 4) is 0 Å². The summed E-state index contributed by atoms with van der Waals surface area (Å²) in [7, 11) is 0. The fourth-order valence-corrected chi connectivity index (χ4v) is 1.75. The summed E-state index contributed by atoms with van der Waals surface area (Å²) in [6.45, 7) is 8.17. The minimum atomic E-state index is -0.696. The molecule has 0 aliphatic heterocycles. The lowest BCUT2D eigenvalue weighted by molar-refractivity contribution is 0.146. The Bertz CT molecular complexity index is 345. The van der Waals surface area contributed by atoms with Crippen molar-refractivity contribution in [2.75, 3.05) is 0 Å². The zero-order chi connectivity index (χ0) is 12.3. The van der Waals surface area contributed by atoms with Gasteiger partial charge in [0, 0.05) is 5.56 Å². The van der Waals surface area contributed by atoms with Gasteiger partial charge in [0.1, 0.15) is 5.82 Å². The van der Waals surface area contributed by atoms with Gasteiger partial charge in [0.2, 0.25) is 0 Å². The lowest BCUT2D eigenvalue weighted by Gasteiger charge is -2.16. The number of hydrogen-bond acceptors (Lipinski definition) is 1. The first-order valence-corrected chi connectivity index (χ1v) is 5.89. The smallest absolute Gasteiger partial charge is 0.129 e. The van der Waals surface area contributed by atoms with Crippen molar-refractivity contribution in [3.05, 3.63) is 35.1 Å². The molecule has 0 spiro atoms. The van der Waals surface area contributed by atoms with Crippen LogP contribution in [0.4, 0.5) is 4.39 Å². The summed E-state index contributed by atoms with van der Waals surface area (Å²) in [5.74, 6) is 0.403. The third-order valence-corrected chi connectivity index (χ3v) is 2.74. The van der Waals surface area contributed by atoms with Crippen molar-refractivity contribution >= 4 is 0 Å². The summed E-state index contributed by atoms with van der Waals surface area (Å²) < 4.78 is 13.6. The molecule has 1 nitrogen and oxygen atoms in total. The lowest BCUT2D eigenvalue weighted by atomic mass is 9.94. The molecule has 0 aliphatic carbocycles. The monoisotopic (exact) mass is 224 g/mol. The van der Waals surface area contributed by atoms with Crippen LogP contribution in [-0.4, -0.2) is 5.11 Å². The number of rotatable bonds is 4. The van der Waals surface area contributed by atoms with Crippen LogP contribution in [0.2, 0.25) is 0 Å². The minimum absolute atomic E-state index is 0.308. The summed E-state index contributed by atoms with van der Waals surface area (Å²) >= 11 is 0. The van der Waals surface area contributed by atoms with Crippen LogP contribution in [0.15, 0.2) is 18.2 Å². The Morgan fingerprint density at radius 2 is 1.81 bits per heavy atom. The minimum Gasteiger partial charge on any atom is -0.388 e. The van der Waals surface area contributed by atoms with Crippen molar-refractivity contribution in [3.63, 3.8) is 0 Å². The molecule has 1 unspecified atom stereocenters. The van der Waals surface area contributed by atoms with E-state index in [-0.39, 0.29) is 5.82 Å². The molecule has 90 valence electrons. The van der Waals surface area contributed by atoms with Gasteiger partial charge < -0.3 is 5.11 Å². The van der Waals surface area contributed by atoms with Gasteiger partial charge in [-0.25, -0.2) is 4.39 Å². The molecule has 1 aromatic rings. The second kappa shape index (κ2) is 5.44. The normalized spacial score (nSPS) is 13.5. The highest BCUT2D eigenvalue weighted by atomic mass is 19.1. The van der Waals surface area contributed by atoms with Gasteiger partial charge >= 0.3 is 0 Å². The quantitative estimate of drug-likeness (QED) is 0.818. The largest absolute Gasteiger partial charge is 0.388 e. The van der Waals surface area contributed by atoms with Gasteiger partial charge in [-0.3, -0.25) is 0 Å². The van der Waals surface area contributed by atoms with E-state index in [1.807, 2.05) is 13.8 Å². The van der Waals surface area contributed by atoms with E-state index in [0.717, 1.165) is 5.56 Å². The highest BCUT2D eigenvalue weighted by molar-refractivity contribution is 5.28. The zero-order valence-electron chi connectivity index (χ0n) is 10.5. The summed E-state index contributed by atoms with van der Waals surface area (Å²) in [6, 6.07) is 5.02. The Morgan fingerprint density at radius 3 is 2.31 bits per heavy atom. The van der Waals surface area contributed by atoms with E-state index in [0.29, 0.717) is 23.8 Å². The molecule has 1 rings (SSSR count). The van der Waals surface area contributed by atoms with E-state index in [1.54, 1.807) is 12.1 Å². The standard InChI is InChI=1S/C14H21FO/c1-9(2)7-14(16)12-8-11(10(3)4)5-6-13(12)15/h5-6,8-10,14,16H,7H2,1-4H3. The number of hydrogen-bond donors (Lipinski definition) is 1. The van der Waals surface area contributed by atoms with E-state index in [4.69, 9.17) is 0 Å². The topological polar surface area (TPSA) is 20.2 Å². The van der Waals surface area contributed by atoms with Gasteiger partial charge in [-0.05, 0) is 29.9 Å². The van der Waals surface area contributed by atoms with Crippen LogP contribution in [0.1, 0.15) is 57.3 Å². The molecule has 0 bridgehead atoms.